The summed E-state index contributed by atoms with van der Waals surface area (Å²) in [6, 6.07) is 19.6. The molecule has 0 aliphatic carbocycles. The molecular weight excluding hydrogens is 338 g/mol. The van der Waals surface area contributed by atoms with E-state index in [-0.39, 0.29) is 0 Å². The molecule has 27 heavy (non-hydrogen) atoms. The number of hydrogen-bond acceptors (Lipinski definition) is 4. The lowest BCUT2D eigenvalue weighted by molar-refractivity contribution is 0.0735. The Hall–Kier alpha value is -3.58. The molecule has 0 amide bonds. The molecule has 3 aromatic carbocycles. The molecule has 3 aromatic rings. The van der Waals surface area contributed by atoms with Crippen LogP contribution >= 0.6 is 0 Å². The maximum Gasteiger partial charge on any atom is 0.343 e. The summed E-state index contributed by atoms with van der Waals surface area (Å²) in [5, 5.41) is 10.7. The third-order valence-corrected chi connectivity index (χ3v) is 4.06. The van der Waals surface area contributed by atoms with Crippen molar-refractivity contribution in [3.63, 3.8) is 0 Å². The van der Waals surface area contributed by atoms with Gasteiger partial charge in [-0.25, -0.2) is 4.79 Å². The highest BCUT2D eigenvalue weighted by molar-refractivity contribution is 5.96. The number of ether oxygens (including phenoxy) is 2. The standard InChI is InChI=1S/C23H19NO3/c1-2-3-4-13-26-22-12-9-18-14-20(8-7-19(18)15-22)23(25)27-21-10-5-17(16-24)6-11-21/h2,5-12,14-15H,1,3-4,13H2. The monoisotopic (exact) mass is 357 g/mol. The van der Waals surface area contributed by atoms with E-state index in [1.165, 1.54) is 0 Å². The lowest BCUT2D eigenvalue weighted by atomic mass is 10.1. The number of esters is 1. The summed E-state index contributed by atoms with van der Waals surface area (Å²) in [5.41, 5.74) is 0.981. The number of rotatable bonds is 7. The first-order chi connectivity index (χ1) is 13.2. The van der Waals surface area contributed by atoms with Crippen molar-refractivity contribution in [1.29, 1.82) is 5.26 Å². The molecule has 4 nitrogen and oxygen atoms in total. The second kappa shape index (κ2) is 8.68. The summed E-state index contributed by atoms with van der Waals surface area (Å²) in [6.45, 7) is 4.34. The number of fused-ring (bicyclic) bond motifs is 1. The maximum atomic E-state index is 12.4. The zero-order valence-electron chi connectivity index (χ0n) is 14.9. The van der Waals surface area contributed by atoms with Gasteiger partial charge in [0.2, 0.25) is 0 Å². The topological polar surface area (TPSA) is 59.3 Å². The third-order valence-electron chi connectivity index (χ3n) is 4.06. The van der Waals surface area contributed by atoms with Crippen LogP contribution in [0.4, 0.5) is 0 Å². The molecule has 0 spiro atoms. The van der Waals surface area contributed by atoms with E-state index in [0.29, 0.717) is 23.5 Å². The van der Waals surface area contributed by atoms with Crippen LogP contribution in [0.3, 0.4) is 0 Å². The number of benzene rings is 3. The first-order valence-electron chi connectivity index (χ1n) is 8.69. The summed E-state index contributed by atoms with van der Waals surface area (Å²) in [6.07, 6.45) is 3.74. The third kappa shape index (κ3) is 4.74. The molecule has 0 fully saturated rings. The van der Waals surface area contributed by atoms with Crippen molar-refractivity contribution in [3.8, 4) is 17.6 Å². The first-order valence-corrected chi connectivity index (χ1v) is 8.69. The number of hydrogen-bond donors (Lipinski definition) is 0. The first kappa shape index (κ1) is 18.2. The fourth-order valence-electron chi connectivity index (χ4n) is 2.62. The van der Waals surface area contributed by atoms with Crippen LogP contribution in [0.25, 0.3) is 10.8 Å². The van der Waals surface area contributed by atoms with Gasteiger partial charge in [0.1, 0.15) is 11.5 Å². The Bertz CT molecular complexity index is 1000. The second-order valence-corrected chi connectivity index (χ2v) is 6.03. The molecule has 0 N–H and O–H groups in total. The Morgan fingerprint density at radius 2 is 1.70 bits per heavy atom. The zero-order chi connectivity index (χ0) is 19.1. The smallest absolute Gasteiger partial charge is 0.343 e. The van der Waals surface area contributed by atoms with Crippen molar-refractivity contribution in [2.24, 2.45) is 0 Å². The molecule has 4 heteroatoms. The predicted octanol–water partition coefficient (Wildman–Crippen LogP) is 5.28. The van der Waals surface area contributed by atoms with Gasteiger partial charge in [-0.3, -0.25) is 0 Å². The number of carbonyl (C=O) groups excluding carboxylic acids is 1. The number of allylic oxidation sites excluding steroid dienone is 1. The van der Waals surface area contributed by atoms with Crippen LogP contribution in [0, 0.1) is 11.3 Å². The van der Waals surface area contributed by atoms with E-state index in [4.69, 9.17) is 14.7 Å². The summed E-state index contributed by atoms with van der Waals surface area (Å²) in [4.78, 5) is 12.4. The Labute approximate surface area is 158 Å². The second-order valence-electron chi connectivity index (χ2n) is 6.03. The van der Waals surface area contributed by atoms with Crippen LogP contribution in [0.5, 0.6) is 11.5 Å². The van der Waals surface area contributed by atoms with Gasteiger partial charge in [-0.05, 0) is 72.1 Å². The number of carbonyl (C=O) groups is 1. The minimum absolute atomic E-state index is 0.405. The molecule has 0 saturated heterocycles. The van der Waals surface area contributed by atoms with Crippen LogP contribution in [0.15, 0.2) is 73.3 Å². The molecule has 0 radical (unpaired) electrons. The molecule has 3 rings (SSSR count). The highest BCUT2D eigenvalue weighted by Crippen LogP contribution is 2.23. The molecule has 0 aliphatic heterocycles. The van der Waals surface area contributed by atoms with E-state index >= 15 is 0 Å². The van der Waals surface area contributed by atoms with E-state index in [9.17, 15) is 4.79 Å². The van der Waals surface area contributed by atoms with E-state index in [2.05, 4.69) is 6.58 Å². The van der Waals surface area contributed by atoms with Gasteiger partial charge in [0.25, 0.3) is 0 Å². The largest absolute Gasteiger partial charge is 0.494 e. The molecular formula is C23H19NO3. The maximum absolute atomic E-state index is 12.4. The Morgan fingerprint density at radius 3 is 2.44 bits per heavy atom. The van der Waals surface area contributed by atoms with Gasteiger partial charge >= 0.3 is 5.97 Å². The minimum Gasteiger partial charge on any atom is -0.494 e. The predicted molar refractivity (Wildman–Crippen MR) is 105 cm³/mol. The van der Waals surface area contributed by atoms with Crippen molar-refractivity contribution in [2.75, 3.05) is 6.61 Å². The molecule has 134 valence electrons. The van der Waals surface area contributed by atoms with Crippen molar-refractivity contribution in [2.45, 2.75) is 12.8 Å². The number of nitriles is 1. The quantitative estimate of drug-likeness (QED) is 0.250. The minimum atomic E-state index is -0.439. The van der Waals surface area contributed by atoms with Crippen LogP contribution in [-0.2, 0) is 0 Å². The highest BCUT2D eigenvalue weighted by atomic mass is 16.5. The lowest BCUT2D eigenvalue weighted by Gasteiger charge is -2.08. The summed E-state index contributed by atoms with van der Waals surface area (Å²) >= 11 is 0. The number of unbranched alkanes of at least 4 members (excludes halogenated alkanes) is 1. The van der Waals surface area contributed by atoms with E-state index in [1.807, 2.05) is 36.4 Å². The summed E-state index contributed by atoms with van der Waals surface area (Å²) in [7, 11) is 0. The molecule has 0 atom stereocenters. The average Bonchev–Trinajstić information content (AvgIpc) is 2.71. The van der Waals surface area contributed by atoms with Crippen LogP contribution in [-0.4, -0.2) is 12.6 Å². The number of nitrogens with zero attached hydrogens (tertiary/aromatic N) is 1. The van der Waals surface area contributed by atoms with Crippen molar-refractivity contribution in [3.05, 3.63) is 84.4 Å². The lowest BCUT2D eigenvalue weighted by Crippen LogP contribution is -2.08. The van der Waals surface area contributed by atoms with Gasteiger partial charge in [-0.1, -0.05) is 18.2 Å². The van der Waals surface area contributed by atoms with Gasteiger partial charge in [0, 0.05) is 0 Å². The molecule has 0 unspecified atom stereocenters. The molecule has 0 aliphatic rings. The summed E-state index contributed by atoms with van der Waals surface area (Å²) in [5.74, 6) is 0.771. The Kier molecular flexibility index (Phi) is 5.86. The van der Waals surface area contributed by atoms with Crippen molar-refractivity contribution < 1.29 is 14.3 Å². The van der Waals surface area contributed by atoms with Gasteiger partial charge in [-0.15, -0.1) is 6.58 Å². The molecule has 0 bridgehead atoms. The Balaban J connectivity index is 1.70. The van der Waals surface area contributed by atoms with Gasteiger partial charge in [-0.2, -0.15) is 5.26 Å². The van der Waals surface area contributed by atoms with E-state index < -0.39 is 5.97 Å². The normalized spacial score (nSPS) is 10.2. The average molecular weight is 357 g/mol. The van der Waals surface area contributed by atoms with Gasteiger partial charge < -0.3 is 9.47 Å². The Morgan fingerprint density at radius 1 is 1.00 bits per heavy atom. The van der Waals surface area contributed by atoms with E-state index in [1.54, 1.807) is 36.4 Å². The fraction of sp³-hybridized carbons (Fsp3) is 0.130. The highest BCUT2D eigenvalue weighted by Gasteiger charge is 2.10. The van der Waals surface area contributed by atoms with Gasteiger partial charge in [0.15, 0.2) is 0 Å². The van der Waals surface area contributed by atoms with Crippen LogP contribution in [0.2, 0.25) is 0 Å². The molecule has 0 saturated carbocycles. The van der Waals surface area contributed by atoms with Gasteiger partial charge in [0.05, 0.1) is 23.8 Å². The van der Waals surface area contributed by atoms with E-state index in [0.717, 1.165) is 29.4 Å². The molecule has 0 aromatic heterocycles. The SMILES string of the molecule is C=CCCCOc1ccc2cc(C(=O)Oc3ccc(C#N)cc3)ccc2c1. The molecule has 0 heterocycles. The van der Waals surface area contributed by atoms with Crippen LogP contribution < -0.4 is 9.47 Å². The van der Waals surface area contributed by atoms with Crippen LogP contribution in [0.1, 0.15) is 28.8 Å². The van der Waals surface area contributed by atoms with Crippen molar-refractivity contribution >= 4 is 16.7 Å². The summed E-state index contributed by atoms with van der Waals surface area (Å²) < 4.78 is 11.1. The zero-order valence-corrected chi connectivity index (χ0v) is 14.9. The fourth-order valence-corrected chi connectivity index (χ4v) is 2.62. The van der Waals surface area contributed by atoms with Crippen molar-refractivity contribution in [1.82, 2.24) is 0 Å².